The zero-order valence-corrected chi connectivity index (χ0v) is 7.74. The van der Waals surface area contributed by atoms with Gasteiger partial charge in [-0.15, -0.1) is 0 Å². The summed E-state index contributed by atoms with van der Waals surface area (Å²) < 4.78 is 4.50. The molecule has 0 aliphatic heterocycles. The fourth-order valence-electron chi connectivity index (χ4n) is 0.835. The molecule has 0 bridgehead atoms. The van der Waals surface area contributed by atoms with Crippen molar-refractivity contribution in [2.24, 2.45) is 0 Å². The van der Waals surface area contributed by atoms with E-state index in [4.69, 9.17) is 0 Å². The molecule has 0 fully saturated rings. The number of rotatable bonds is 4. The molecule has 6 nitrogen and oxygen atoms in total. The molecule has 14 heavy (non-hydrogen) atoms. The minimum Gasteiger partial charge on any atom is -0.364 e. The third-order valence-corrected chi connectivity index (χ3v) is 1.45. The van der Waals surface area contributed by atoms with Crippen LogP contribution in [0.15, 0.2) is 16.9 Å². The average molecular weight is 197 g/mol. The van der Waals surface area contributed by atoms with E-state index >= 15 is 0 Å². The van der Waals surface area contributed by atoms with Gasteiger partial charge in [-0.05, 0) is 0 Å². The van der Waals surface area contributed by atoms with E-state index in [2.05, 4.69) is 20.3 Å². The van der Waals surface area contributed by atoms with E-state index in [1.807, 2.05) is 0 Å². The molecule has 1 heterocycles. The molecule has 1 aromatic rings. The van der Waals surface area contributed by atoms with Crippen LogP contribution < -0.4 is 10.6 Å². The zero-order valence-electron chi connectivity index (χ0n) is 7.74. The standard InChI is InChI=1S/C8H11N3O3/c1-6(12)9-3-4-10-8(13)7-2-5-14-11-7/h2,5H,3-4H2,1H3,(H,9,12)(H,10,13). The third kappa shape index (κ3) is 3.26. The highest BCUT2D eigenvalue weighted by Crippen LogP contribution is 1.92. The van der Waals surface area contributed by atoms with E-state index < -0.39 is 0 Å². The Hall–Kier alpha value is -1.85. The van der Waals surface area contributed by atoms with Crippen molar-refractivity contribution < 1.29 is 14.1 Å². The van der Waals surface area contributed by atoms with Crippen molar-refractivity contribution in [2.75, 3.05) is 13.1 Å². The lowest BCUT2D eigenvalue weighted by molar-refractivity contribution is -0.118. The molecule has 76 valence electrons. The zero-order chi connectivity index (χ0) is 10.4. The molecule has 0 atom stereocenters. The summed E-state index contributed by atoms with van der Waals surface area (Å²) in [5.41, 5.74) is 0.229. The summed E-state index contributed by atoms with van der Waals surface area (Å²) in [6, 6.07) is 1.47. The van der Waals surface area contributed by atoms with Gasteiger partial charge in [-0.25, -0.2) is 0 Å². The summed E-state index contributed by atoms with van der Waals surface area (Å²) in [5, 5.41) is 8.57. The number of amides is 2. The van der Waals surface area contributed by atoms with Gasteiger partial charge in [0.25, 0.3) is 5.91 Å². The highest BCUT2D eigenvalue weighted by atomic mass is 16.5. The Balaban J connectivity index is 2.19. The minimum absolute atomic E-state index is 0.124. The van der Waals surface area contributed by atoms with Crippen molar-refractivity contribution in [1.82, 2.24) is 15.8 Å². The molecule has 2 N–H and O–H groups in total. The maximum atomic E-state index is 11.2. The molecule has 0 unspecified atom stereocenters. The number of carbonyl (C=O) groups excluding carboxylic acids is 2. The lowest BCUT2D eigenvalue weighted by Gasteiger charge is -2.02. The predicted octanol–water partition coefficient (Wildman–Crippen LogP) is -0.460. The summed E-state index contributed by atoms with van der Waals surface area (Å²) >= 11 is 0. The Kier molecular flexibility index (Phi) is 3.66. The van der Waals surface area contributed by atoms with Crippen molar-refractivity contribution in [2.45, 2.75) is 6.92 Å². The van der Waals surface area contributed by atoms with Gasteiger partial charge >= 0.3 is 0 Å². The van der Waals surface area contributed by atoms with Crippen LogP contribution in [0.2, 0.25) is 0 Å². The number of hydrogen-bond acceptors (Lipinski definition) is 4. The monoisotopic (exact) mass is 197 g/mol. The second-order valence-corrected chi connectivity index (χ2v) is 2.62. The molecule has 1 aromatic heterocycles. The maximum absolute atomic E-state index is 11.2. The number of hydrogen-bond donors (Lipinski definition) is 2. The van der Waals surface area contributed by atoms with Crippen molar-refractivity contribution in [3.63, 3.8) is 0 Å². The Morgan fingerprint density at radius 3 is 2.71 bits per heavy atom. The lowest BCUT2D eigenvalue weighted by Crippen LogP contribution is -2.33. The largest absolute Gasteiger partial charge is 0.364 e. The minimum atomic E-state index is -0.316. The molecule has 0 saturated heterocycles. The van der Waals surface area contributed by atoms with Crippen LogP contribution >= 0.6 is 0 Å². The average Bonchev–Trinajstić information content (AvgIpc) is 2.64. The van der Waals surface area contributed by atoms with Crippen LogP contribution in [0.5, 0.6) is 0 Å². The van der Waals surface area contributed by atoms with Gasteiger partial charge in [-0.2, -0.15) is 0 Å². The third-order valence-electron chi connectivity index (χ3n) is 1.45. The molecule has 2 amide bonds. The predicted molar refractivity (Wildman–Crippen MR) is 47.5 cm³/mol. The van der Waals surface area contributed by atoms with Gasteiger partial charge in [0.15, 0.2) is 5.69 Å². The molecule has 0 spiro atoms. The van der Waals surface area contributed by atoms with Gasteiger partial charge in [0.1, 0.15) is 6.26 Å². The van der Waals surface area contributed by atoms with Crippen molar-refractivity contribution in [1.29, 1.82) is 0 Å². The molecule has 0 aromatic carbocycles. The first-order valence-electron chi connectivity index (χ1n) is 4.13. The van der Waals surface area contributed by atoms with Crippen LogP contribution in [0.1, 0.15) is 17.4 Å². The van der Waals surface area contributed by atoms with Crippen LogP contribution in [0.3, 0.4) is 0 Å². The molecular formula is C8H11N3O3. The second kappa shape index (κ2) is 5.00. The van der Waals surface area contributed by atoms with Crippen LogP contribution in [0.25, 0.3) is 0 Å². The van der Waals surface area contributed by atoms with Crippen molar-refractivity contribution >= 4 is 11.8 Å². The van der Waals surface area contributed by atoms with Crippen LogP contribution in [-0.4, -0.2) is 30.1 Å². The summed E-state index contributed by atoms with van der Waals surface area (Å²) in [7, 11) is 0. The van der Waals surface area contributed by atoms with Crippen LogP contribution in [0.4, 0.5) is 0 Å². The summed E-state index contributed by atoms with van der Waals surface area (Å²) in [5.74, 6) is -0.440. The Morgan fingerprint density at radius 1 is 1.43 bits per heavy atom. The first-order chi connectivity index (χ1) is 6.70. The molecule has 1 rings (SSSR count). The van der Waals surface area contributed by atoms with Gasteiger partial charge in [0.05, 0.1) is 0 Å². The SMILES string of the molecule is CC(=O)NCCNC(=O)c1ccon1. The topological polar surface area (TPSA) is 84.2 Å². The Labute approximate surface area is 80.6 Å². The van der Waals surface area contributed by atoms with E-state index in [-0.39, 0.29) is 17.5 Å². The van der Waals surface area contributed by atoms with Crippen LogP contribution in [0, 0.1) is 0 Å². The summed E-state index contributed by atoms with van der Waals surface area (Å²) in [6.45, 7) is 2.18. The fraction of sp³-hybridized carbons (Fsp3) is 0.375. The van der Waals surface area contributed by atoms with Gasteiger partial charge in [0.2, 0.25) is 5.91 Å². The number of carbonyl (C=O) groups is 2. The maximum Gasteiger partial charge on any atom is 0.273 e. The number of nitrogens with one attached hydrogen (secondary N) is 2. The molecule has 0 saturated carbocycles. The molecule has 0 aliphatic rings. The Morgan fingerprint density at radius 2 is 2.14 bits per heavy atom. The molecule has 0 radical (unpaired) electrons. The molecular weight excluding hydrogens is 186 g/mol. The first-order valence-corrected chi connectivity index (χ1v) is 4.13. The summed E-state index contributed by atoms with van der Waals surface area (Å²) in [6.07, 6.45) is 1.32. The number of aromatic nitrogens is 1. The second-order valence-electron chi connectivity index (χ2n) is 2.62. The highest BCUT2D eigenvalue weighted by molar-refractivity contribution is 5.91. The van der Waals surface area contributed by atoms with Crippen LogP contribution in [-0.2, 0) is 4.79 Å². The van der Waals surface area contributed by atoms with E-state index in [0.717, 1.165) is 0 Å². The summed E-state index contributed by atoms with van der Waals surface area (Å²) in [4.78, 5) is 21.7. The van der Waals surface area contributed by atoms with Gasteiger partial charge in [0, 0.05) is 26.1 Å². The lowest BCUT2D eigenvalue weighted by atomic mass is 10.4. The number of nitrogens with zero attached hydrogens (tertiary/aromatic N) is 1. The smallest absolute Gasteiger partial charge is 0.273 e. The fourth-order valence-corrected chi connectivity index (χ4v) is 0.835. The van der Waals surface area contributed by atoms with Crippen molar-refractivity contribution in [3.8, 4) is 0 Å². The van der Waals surface area contributed by atoms with Gasteiger partial charge in [-0.3, -0.25) is 9.59 Å². The van der Waals surface area contributed by atoms with Gasteiger partial charge < -0.3 is 15.2 Å². The van der Waals surface area contributed by atoms with E-state index in [9.17, 15) is 9.59 Å². The quantitative estimate of drug-likeness (QED) is 0.640. The highest BCUT2D eigenvalue weighted by Gasteiger charge is 2.06. The van der Waals surface area contributed by atoms with E-state index in [0.29, 0.717) is 13.1 Å². The van der Waals surface area contributed by atoms with E-state index in [1.54, 1.807) is 0 Å². The van der Waals surface area contributed by atoms with E-state index in [1.165, 1.54) is 19.3 Å². The molecule has 6 heteroatoms. The molecule has 0 aliphatic carbocycles. The normalized spacial score (nSPS) is 9.50. The van der Waals surface area contributed by atoms with Gasteiger partial charge in [-0.1, -0.05) is 5.16 Å². The van der Waals surface area contributed by atoms with Crippen molar-refractivity contribution in [3.05, 3.63) is 18.0 Å². The Bertz CT molecular complexity index is 308. The first kappa shape index (κ1) is 10.2.